The average molecular weight is 254 g/mol. The lowest BCUT2D eigenvalue weighted by atomic mass is 9.90. The second kappa shape index (κ2) is 4.97. The minimum absolute atomic E-state index is 0.128. The van der Waals surface area contributed by atoms with Gasteiger partial charge in [-0.05, 0) is 44.9 Å². The quantitative estimate of drug-likeness (QED) is 0.875. The van der Waals surface area contributed by atoms with Gasteiger partial charge in [0.05, 0.1) is 11.7 Å². The van der Waals surface area contributed by atoms with Crippen LogP contribution in [0.15, 0.2) is 24.3 Å². The summed E-state index contributed by atoms with van der Waals surface area (Å²) < 4.78 is 5.99. The van der Waals surface area contributed by atoms with Crippen LogP contribution in [0.25, 0.3) is 0 Å². The van der Waals surface area contributed by atoms with Crippen LogP contribution in [-0.2, 0) is 11.2 Å². The van der Waals surface area contributed by atoms with Crippen LogP contribution in [0.5, 0.6) is 0 Å². The van der Waals surface area contributed by atoms with Gasteiger partial charge in [0.1, 0.15) is 0 Å². The molecule has 1 N–H and O–H groups in total. The van der Waals surface area contributed by atoms with Gasteiger partial charge in [-0.25, -0.2) is 0 Å². The molecule has 2 nitrogen and oxygen atoms in total. The molecule has 0 unspecified atom stereocenters. The van der Waals surface area contributed by atoms with E-state index in [1.165, 1.54) is 5.56 Å². The molecule has 0 bridgehead atoms. The highest BCUT2D eigenvalue weighted by molar-refractivity contribution is 6.30. The molecule has 1 aliphatic rings. The van der Waals surface area contributed by atoms with E-state index in [-0.39, 0.29) is 11.7 Å². The smallest absolute Gasteiger partial charge is 0.0786 e. The summed E-state index contributed by atoms with van der Waals surface area (Å²) in [5.74, 6) is 0. The third-order valence-electron chi connectivity index (χ3n) is 3.35. The first-order chi connectivity index (χ1) is 7.97. The lowest BCUT2D eigenvalue weighted by molar-refractivity contribution is -0.113. The number of ether oxygens (including phenoxy) is 1. The molecule has 1 aromatic carbocycles. The average Bonchev–Trinajstić information content (AvgIpc) is 2.24. The fourth-order valence-corrected chi connectivity index (χ4v) is 2.50. The van der Waals surface area contributed by atoms with E-state index < -0.39 is 0 Å². The molecule has 2 rings (SSSR count). The Bertz CT molecular complexity index is 374. The minimum Gasteiger partial charge on any atom is -0.370 e. The largest absolute Gasteiger partial charge is 0.370 e. The molecule has 0 radical (unpaired) electrons. The second-order valence-corrected chi connectivity index (χ2v) is 5.76. The SMILES string of the molecule is C[C@H]1CN[C@@H](Cc2ccc(Cl)cc2)C(C)(C)O1. The van der Waals surface area contributed by atoms with Crippen molar-refractivity contribution in [3.05, 3.63) is 34.9 Å². The third kappa shape index (κ3) is 3.21. The maximum absolute atomic E-state index is 5.99. The molecule has 1 aliphatic heterocycles. The highest BCUT2D eigenvalue weighted by Crippen LogP contribution is 2.24. The summed E-state index contributed by atoms with van der Waals surface area (Å²) in [6.45, 7) is 7.32. The predicted octanol–water partition coefficient (Wildman–Crippen LogP) is 3.04. The van der Waals surface area contributed by atoms with Crippen LogP contribution in [0.2, 0.25) is 5.02 Å². The number of morpholine rings is 1. The van der Waals surface area contributed by atoms with Crippen molar-refractivity contribution in [2.45, 2.75) is 44.9 Å². The first-order valence-corrected chi connectivity index (χ1v) is 6.51. The molecule has 0 saturated carbocycles. The molecule has 17 heavy (non-hydrogen) atoms. The maximum Gasteiger partial charge on any atom is 0.0786 e. The Morgan fingerprint density at radius 3 is 2.59 bits per heavy atom. The third-order valence-corrected chi connectivity index (χ3v) is 3.60. The molecule has 0 spiro atoms. The van der Waals surface area contributed by atoms with Gasteiger partial charge < -0.3 is 10.1 Å². The van der Waals surface area contributed by atoms with Crippen molar-refractivity contribution < 1.29 is 4.74 Å². The summed E-state index contributed by atoms with van der Waals surface area (Å²) in [6.07, 6.45) is 1.25. The molecule has 1 aromatic rings. The number of rotatable bonds is 2. The number of nitrogens with one attached hydrogen (secondary N) is 1. The number of hydrogen-bond donors (Lipinski definition) is 1. The van der Waals surface area contributed by atoms with Crippen molar-refractivity contribution in [2.75, 3.05) is 6.54 Å². The number of halogens is 1. The van der Waals surface area contributed by atoms with Gasteiger partial charge in [-0.3, -0.25) is 0 Å². The predicted molar refractivity (Wildman–Crippen MR) is 71.6 cm³/mol. The first-order valence-electron chi connectivity index (χ1n) is 6.13. The zero-order chi connectivity index (χ0) is 12.5. The van der Waals surface area contributed by atoms with Gasteiger partial charge in [-0.15, -0.1) is 0 Å². The van der Waals surface area contributed by atoms with E-state index in [4.69, 9.17) is 16.3 Å². The van der Waals surface area contributed by atoms with E-state index in [9.17, 15) is 0 Å². The number of hydrogen-bond acceptors (Lipinski definition) is 2. The summed E-state index contributed by atoms with van der Waals surface area (Å²) in [5, 5.41) is 4.35. The van der Waals surface area contributed by atoms with Crippen molar-refractivity contribution in [2.24, 2.45) is 0 Å². The van der Waals surface area contributed by atoms with E-state index in [1.807, 2.05) is 12.1 Å². The van der Waals surface area contributed by atoms with Crippen molar-refractivity contribution in [3.63, 3.8) is 0 Å². The van der Waals surface area contributed by atoms with E-state index in [1.54, 1.807) is 0 Å². The van der Waals surface area contributed by atoms with Crippen LogP contribution in [0.4, 0.5) is 0 Å². The van der Waals surface area contributed by atoms with Gasteiger partial charge in [0.25, 0.3) is 0 Å². The van der Waals surface area contributed by atoms with E-state index in [2.05, 4.69) is 38.2 Å². The van der Waals surface area contributed by atoms with Crippen molar-refractivity contribution in [1.82, 2.24) is 5.32 Å². The molecule has 2 atom stereocenters. The zero-order valence-corrected chi connectivity index (χ0v) is 11.4. The van der Waals surface area contributed by atoms with E-state index in [0.717, 1.165) is 18.0 Å². The van der Waals surface area contributed by atoms with Crippen LogP contribution in [0, 0.1) is 0 Å². The summed E-state index contributed by atoms with van der Waals surface area (Å²) in [4.78, 5) is 0. The Morgan fingerprint density at radius 1 is 1.35 bits per heavy atom. The normalized spacial score (nSPS) is 28.0. The topological polar surface area (TPSA) is 21.3 Å². The van der Waals surface area contributed by atoms with Crippen LogP contribution in [-0.4, -0.2) is 24.3 Å². The molecular formula is C14H20ClNO. The fraction of sp³-hybridized carbons (Fsp3) is 0.571. The lowest BCUT2D eigenvalue weighted by Gasteiger charge is -2.42. The molecule has 1 saturated heterocycles. The van der Waals surface area contributed by atoms with Gasteiger partial charge in [-0.1, -0.05) is 23.7 Å². The van der Waals surface area contributed by atoms with Gasteiger partial charge in [-0.2, -0.15) is 0 Å². The molecule has 94 valence electrons. The Hall–Kier alpha value is -0.570. The molecule has 1 heterocycles. The van der Waals surface area contributed by atoms with Crippen molar-refractivity contribution in [1.29, 1.82) is 0 Å². The van der Waals surface area contributed by atoms with Crippen LogP contribution < -0.4 is 5.32 Å². The van der Waals surface area contributed by atoms with E-state index in [0.29, 0.717) is 6.04 Å². The summed E-state index contributed by atoms with van der Waals surface area (Å²) in [5.41, 5.74) is 1.16. The van der Waals surface area contributed by atoms with Crippen molar-refractivity contribution >= 4 is 11.6 Å². The highest BCUT2D eigenvalue weighted by atomic mass is 35.5. The lowest BCUT2D eigenvalue weighted by Crippen LogP contribution is -2.58. The van der Waals surface area contributed by atoms with Crippen LogP contribution in [0.3, 0.4) is 0 Å². The summed E-state index contributed by atoms with van der Waals surface area (Å²) in [7, 11) is 0. The Labute approximate surface area is 108 Å². The van der Waals surface area contributed by atoms with Gasteiger partial charge >= 0.3 is 0 Å². The van der Waals surface area contributed by atoms with Crippen molar-refractivity contribution in [3.8, 4) is 0 Å². The molecular weight excluding hydrogens is 234 g/mol. The first kappa shape index (κ1) is 12.9. The molecule has 0 aromatic heterocycles. The monoisotopic (exact) mass is 253 g/mol. The zero-order valence-electron chi connectivity index (χ0n) is 10.7. The van der Waals surface area contributed by atoms with Gasteiger partial charge in [0.15, 0.2) is 0 Å². The number of benzene rings is 1. The summed E-state index contributed by atoms with van der Waals surface area (Å²) >= 11 is 5.89. The molecule has 0 aliphatic carbocycles. The second-order valence-electron chi connectivity index (χ2n) is 5.32. The molecule has 1 fully saturated rings. The minimum atomic E-state index is -0.128. The van der Waals surface area contributed by atoms with Crippen LogP contribution in [0.1, 0.15) is 26.3 Å². The highest BCUT2D eigenvalue weighted by Gasteiger charge is 2.35. The maximum atomic E-state index is 5.99. The van der Waals surface area contributed by atoms with Gasteiger partial charge in [0, 0.05) is 17.6 Å². The molecule has 3 heteroatoms. The summed E-state index contributed by atoms with van der Waals surface area (Å²) in [6, 6.07) is 8.39. The molecule has 0 amide bonds. The Kier molecular flexibility index (Phi) is 3.76. The fourth-order valence-electron chi connectivity index (χ4n) is 2.37. The van der Waals surface area contributed by atoms with Gasteiger partial charge in [0.2, 0.25) is 0 Å². The standard InChI is InChI=1S/C14H20ClNO/c1-10-9-16-13(14(2,3)17-10)8-11-4-6-12(15)7-5-11/h4-7,10,13,16H,8-9H2,1-3H3/t10-,13-/m0/s1. The van der Waals surface area contributed by atoms with E-state index >= 15 is 0 Å². The Balaban J connectivity index is 2.05. The Morgan fingerprint density at radius 2 is 2.00 bits per heavy atom. The van der Waals surface area contributed by atoms with Crippen LogP contribution >= 0.6 is 11.6 Å².